The highest BCUT2D eigenvalue weighted by molar-refractivity contribution is 7.47. The van der Waals surface area contributed by atoms with Crippen LogP contribution in [0.2, 0.25) is 0 Å². The number of phosphoric acid groups is 2. The van der Waals surface area contributed by atoms with Gasteiger partial charge in [-0.05, 0) is 31.6 Å². The van der Waals surface area contributed by atoms with Gasteiger partial charge in [-0.1, -0.05) is 259 Å². The first kappa shape index (κ1) is 79.1. The quantitative estimate of drug-likeness (QED) is 0.0222. The maximum atomic E-state index is 13.0. The predicted molar refractivity (Wildman–Crippen MR) is 322 cm³/mol. The zero-order valence-corrected chi connectivity index (χ0v) is 53.7. The molecule has 81 heavy (non-hydrogen) atoms. The zero-order valence-electron chi connectivity index (χ0n) is 51.9. The standard InChI is InChI=1S/C62H120O17P2/c1-6-10-13-16-18-20-22-24-26-28-30-36-41-46-60(65)73-52-58(78-61(66)47-42-37-31-29-27-25-23-21-19-17-14-11-7-2)54-77-81(70,71)75-50-56(63)49-74-80(68,69)76-53-57(51-72-59(64)45-40-34-15-12-8-3)79-62(67)48-43-38-33-32-35-39-44-55(5)9-4/h55-58,63H,6-54H2,1-5H3,(H,68,69)(H,70,71)/t55?,56-,57+,58+/m0/s1. The SMILES string of the molecule is CCCCCCCCCCCCCCCC(=O)OC[C@H](COP(=O)(O)OC[C@@H](O)COP(=O)(O)OC[C@@H](COC(=O)CCCCCCC)OC(=O)CCCCCCCCC(C)CC)OC(=O)CCCCCCCCCCCCCCC. The molecule has 0 spiro atoms. The Bertz CT molecular complexity index is 1590. The summed E-state index contributed by atoms with van der Waals surface area (Å²) in [5.74, 6) is -1.43. The van der Waals surface area contributed by atoms with Crippen molar-refractivity contribution in [2.45, 2.75) is 329 Å². The van der Waals surface area contributed by atoms with Crippen LogP contribution in [-0.4, -0.2) is 96.7 Å². The maximum absolute atomic E-state index is 13.0. The van der Waals surface area contributed by atoms with Crippen molar-refractivity contribution in [1.29, 1.82) is 0 Å². The van der Waals surface area contributed by atoms with E-state index in [2.05, 4.69) is 34.6 Å². The van der Waals surface area contributed by atoms with Crippen molar-refractivity contribution < 1.29 is 80.2 Å². The van der Waals surface area contributed by atoms with Crippen LogP contribution >= 0.6 is 15.6 Å². The lowest BCUT2D eigenvalue weighted by Crippen LogP contribution is -2.30. The normalized spacial score (nSPS) is 14.6. The van der Waals surface area contributed by atoms with Gasteiger partial charge < -0.3 is 33.8 Å². The Morgan fingerprint density at radius 2 is 0.593 bits per heavy atom. The van der Waals surface area contributed by atoms with Gasteiger partial charge in [-0.25, -0.2) is 9.13 Å². The Morgan fingerprint density at radius 3 is 0.877 bits per heavy atom. The lowest BCUT2D eigenvalue weighted by Gasteiger charge is -2.21. The molecule has 0 amide bonds. The molecule has 3 N–H and O–H groups in total. The van der Waals surface area contributed by atoms with Crippen molar-refractivity contribution >= 4 is 39.5 Å². The van der Waals surface area contributed by atoms with Crippen molar-refractivity contribution in [3.8, 4) is 0 Å². The lowest BCUT2D eigenvalue weighted by molar-refractivity contribution is -0.161. The Kier molecular flexibility index (Phi) is 54.6. The minimum Gasteiger partial charge on any atom is -0.462 e. The number of rotatable bonds is 62. The van der Waals surface area contributed by atoms with Gasteiger partial charge in [-0.15, -0.1) is 0 Å². The van der Waals surface area contributed by atoms with E-state index >= 15 is 0 Å². The summed E-state index contributed by atoms with van der Waals surface area (Å²) < 4.78 is 67.7. The van der Waals surface area contributed by atoms with Crippen LogP contribution in [0.25, 0.3) is 0 Å². The van der Waals surface area contributed by atoms with E-state index in [4.69, 9.17) is 37.0 Å². The third kappa shape index (κ3) is 55.7. The summed E-state index contributed by atoms with van der Waals surface area (Å²) in [4.78, 5) is 71.9. The number of carbonyl (C=O) groups excluding carboxylic acids is 4. The fourth-order valence-electron chi connectivity index (χ4n) is 9.20. The molecule has 0 aromatic rings. The molecule has 0 saturated heterocycles. The van der Waals surface area contributed by atoms with Gasteiger partial charge in [-0.2, -0.15) is 0 Å². The number of esters is 4. The largest absolute Gasteiger partial charge is 0.472 e. The molecule has 0 radical (unpaired) electrons. The van der Waals surface area contributed by atoms with E-state index in [1.54, 1.807) is 0 Å². The van der Waals surface area contributed by atoms with Crippen LogP contribution in [-0.2, 0) is 65.4 Å². The minimum absolute atomic E-state index is 0.102. The van der Waals surface area contributed by atoms with E-state index in [9.17, 15) is 43.2 Å². The zero-order chi connectivity index (χ0) is 59.9. The number of hydrogen-bond acceptors (Lipinski definition) is 15. The summed E-state index contributed by atoms with van der Waals surface area (Å²) in [7, 11) is -9.87. The maximum Gasteiger partial charge on any atom is 0.472 e. The van der Waals surface area contributed by atoms with E-state index in [0.29, 0.717) is 25.7 Å². The second-order valence-corrected chi connectivity index (χ2v) is 25.6. The second kappa shape index (κ2) is 55.9. The van der Waals surface area contributed by atoms with Crippen molar-refractivity contribution in [2.24, 2.45) is 5.92 Å². The summed E-state index contributed by atoms with van der Waals surface area (Å²) in [5, 5.41) is 10.5. The summed E-state index contributed by atoms with van der Waals surface area (Å²) in [6, 6.07) is 0. The van der Waals surface area contributed by atoms with E-state index in [1.807, 2.05) is 0 Å². The summed E-state index contributed by atoms with van der Waals surface area (Å²) >= 11 is 0. The second-order valence-electron chi connectivity index (χ2n) is 22.7. The Morgan fingerprint density at radius 1 is 0.346 bits per heavy atom. The van der Waals surface area contributed by atoms with E-state index in [1.165, 1.54) is 128 Å². The Hall–Kier alpha value is -1.94. The van der Waals surface area contributed by atoms with Crippen LogP contribution in [0.1, 0.15) is 311 Å². The molecule has 17 nitrogen and oxygen atoms in total. The average Bonchev–Trinajstić information content (AvgIpc) is 3.44. The number of hydrogen-bond donors (Lipinski definition) is 3. The van der Waals surface area contributed by atoms with Gasteiger partial charge in [0.25, 0.3) is 0 Å². The van der Waals surface area contributed by atoms with Gasteiger partial charge in [0.05, 0.1) is 26.4 Å². The molecule has 0 heterocycles. The van der Waals surface area contributed by atoms with Gasteiger partial charge in [0.1, 0.15) is 19.3 Å². The molecule has 0 bridgehead atoms. The van der Waals surface area contributed by atoms with Crippen LogP contribution in [0.15, 0.2) is 0 Å². The highest BCUT2D eigenvalue weighted by Gasteiger charge is 2.30. The van der Waals surface area contributed by atoms with Crippen molar-refractivity contribution in [3.05, 3.63) is 0 Å². The highest BCUT2D eigenvalue weighted by Crippen LogP contribution is 2.45. The molecule has 0 aliphatic carbocycles. The third-order valence-corrected chi connectivity index (χ3v) is 16.5. The first-order chi connectivity index (χ1) is 39.1. The van der Waals surface area contributed by atoms with Crippen molar-refractivity contribution in [2.75, 3.05) is 39.6 Å². The van der Waals surface area contributed by atoms with Gasteiger partial charge >= 0.3 is 39.5 Å². The third-order valence-electron chi connectivity index (χ3n) is 14.6. The molecule has 3 unspecified atom stereocenters. The first-order valence-electron chi connectivity index (χ1n) is 32.7. The van der Waals surface area contributed by atoms with Crippen molar-refractivity contribution in [1.82, 2.24) is 0 Å². The van der Waals surface area contributed by atoms with Gasteiger partial charge in [-0.3, -0.25) is 37.3 Å². The van der Waals surface area contributed by atoms with Gasteiger partial charge in [0.2, 0.25) is 0 Å². The van der Waals surface area contributed by atoms with Crippen LogP contribution in [0.4, 0.5) is 0 Å². The first-order valence-corrected chi connectivity index (χ1v) is 35.7. The van der Waals surface area contributed by atoms with Gasteiger partial charge in [0, 0.05) is 25.7 Å². The predicted octanol–water partition coefficient (Wildman–Crippen LogP) is 17.0. The molecule has 0 aromatic heterocycles. The average molecular weight is 1200 g/mol. The molecule has 0 aliphatic heterocycles. The highest BCUT2D eigenvalue weighted by atomic mass is 31.2. The number of aliphatic hydroxyl groups excluding tert-OH is 1. The Balaban J connectivity index is 5.18. The smallest absolute Gasteiger partial charge is 0.462 e. The molecule has 0 rings (SSSR count). The van der Waals surface area contributed by atoms with Crippen LogP contribution in [0.5, 0.6) is 0 Å². The monoisotopic (exact) mass is 1200 g/mol. The van der Waals surface area contributed by atoms with Crippen molar-refractivity contribution in [3.63, 3.8) is 0 Å². The molecule has 6 atom stereocenters. The summed E-state index contributed by atoms with van der Waals surface area (Å²) in [6.07, 6.45) is 39.2. The molecule has 0 aliphatic rings. The molecular weight excluding hydrogens is 1080 g/mol. The summed E-state index contributed by atoms with van der Waals surface area (Å²) in [5.41, 5.74) is 0. The fraction of sp³-hybridized carbons (Fsp3) is 0.935. The number of unbranched alkanes of at least 4 members (excludes halogenated alkanes) is 33. The van der Waals surface area contributed by atoms with Crippen LogP contribution in [0, 0.1) is 5.92 Å². The van der Waals surface area contributed by atoms with E-state index in [-0.39, 0.29) is 25.7 Å². The fourth-order valence-corrected chi connectivity index (χ4v) is 10.8. The van der Waals surface area contributed by atoms with Crippen LogP contribution < -0.4 is 0 Å². The molecule has 0 fully saturated rings. The summed E-state index contributed by atoms with van der Waals surface area (Å²) in [6.45, 7) is 7.05. The minimum atomic E-state index is -4.94. The topological polar surface area (TPSA) is 237 Å². The number of ether oxygens (including phenoxy) is 4. The lowest BCUT2D eigenvalue weighted by atomic mass is 10.00. The molecule has 19 heteroatoms. The molecule has 0 saturated carbocycles. The van der Waals surface area contributed by atoms with Crippen LogP contribution in [0.3, 0.4) is 0 Å². The Labute approximate surface area is 492 Å². The molecule has 480 valence electrons. The number of phosphoric ester groups is 2. The number of aliphatic hydroxyl groups is 1. The molecule has 0 aromatic carbocycles. The van der Waals surface area contributed by atoms with Gasteiger partial charge in [0.15, 0.2) is 12.2 Å². The van der Waals surface area contributed by atoms with E-state index < -0.39 is 97.5 Å². The molecular formula is C62H120O17P2. The van der Waals surface area contributed by atoms with E-state index in [0.717, 1.165) is 102 Å². The number of carbonyl (C=O) groups is 4.